The molecule has 0 radical (unpaired) electrons. The summed E-state index contributed by atoms with van der Waals surface area (Å²) in [5, 5.41) is 1.66. The Balaban J connectivity index is 1.60. The molecule has 4 aliphatic rings. The lowest BCUT2D eigenvalue weighted by Crippen LogP contribution is -2.40. The van der Waals surface area contributed by atoms with Gasteiger partial charge in [0.2, 0.25) is 0 Å². The number of allylic oxidation sites excluding steroid dienone is 4. The summed E-state index contributed by atoms with van der Waals surface area (Å²) in [7, 11) is 0. The van der Waals surface area contributed by atoms with Crippen molar-refractivity contribution >= 4 is 23.5 Å². The van der Waals surface area contributed by atoms with E-state index >= 15 is 0 Å². The SMILES string of the molecule is CC1=CC2C(S1)C(C(C)(C)C1CC[C@@H](C(C)(C)C)C1)C1SC(C)=C[C@@H]21. The van der Waals surface area contributed by atoms with Crippen molar-refractivity contribution in [3.8, 4) is 0 Å². The first-order chi connectivity index (χ1) is 11.6. The van der Waals surface area contributed by atoms with Gasteiger partial charge >= 0.3 is 0 Å². The van der Waals surface area contributed by atoms with Gasteiger partial charge in [0.25, 0.3) is 0 Å². The Morgan fingerprint density at radius 3 is 1.72 bits per heavy atom. The third-order valence-corrected chi connectivity index (χ3v) is 10.8. The van der Waals surface area contributed by atoms with E-state index < -0.39 is 0 Å². The average Bonchev–Trinajstić information content (AvgIpc) is 3.18. The second-order valence-electron chi connectivity index (χ2n) is 10.8. The third kappa shape index (κ3) is 2.98. The molecule has 2 aliphatic carbocycles. The maximum Gasteiger partial charge on any atom is 0.0204 e. The van der Waals surface area contributed by atoms with Gasteiger partial charge in [0, 0.05) is 10.5 Å². The molecule has 0 bridgehead atoms. The van der Waals surface area contributed by atoms with Crippen LogP contribution in [-0.2, 0) is 0 Å². The molecule has 2 aliphatic heterocycles. The Kier molecular flexibility index (Phi) is 4.52. The van der Waals surface area contributed by atoms with Crippen molar-refractivity contribution < 1.29 is 0 Å². The molecule has 4 rings (SSSR count). The Morgan fingerprint density at radius 2 is 1.28 bits per heavy atom. The van der Waals surface area contributed by atoms with Crippen molar-refractivity contribution in [3.63, 3.8) is 0 Å². The summed E-state index contributed by atoms with van der Waals surface area (Å²) < 4.78 is 0. The largest absolute Gasteiger partial charge is 0.127 e. The lowest BCUT2D eigenvalue weighted by molar-refractivity contribution is 0.113. The molecule has 2 heterocycles. The summed E-state index contributed by atoms with van der Waals surface area (Å²) in [4.78, 5) is 3.16. The summed E-state index contributed by atoms with van der Waals surface area (Å²) in [5.74, 6) is 4.26. The molecular formula is C23H36S2. The Labute approximate surface area is 164 Å². The van der Waals surface area contributed by atoms with Crippen molar-refractivity contribution in [2.24, 2.45) is 40.4 Å². The zero-order valence-corrected chi connectivity index (χ0v) is 18.8. The fraction of sp³-hybridized carbons (Fsp3) is 0.826. The van der Waals surface area contributed by atoms with Gasteiger partial charge in [0.05, 0.1) is 0 Å². The molecule has 0 saturated heterocycles. The predicted octanol–water partition coefficient (Wildman–Crippen LogP) is 7.38. The van der Waals surface area contributed by atoms with Crippen LogP contribution in [0.5, 0.6) is 0 Å². The van der Waals surface area contributed by atoms with Crippen LogP contribution >= 0.6 is 23.5 Å². The summed E-state index contributed by atoms with van der Waals surface area (Å²) in [6.45, 7) is 17.3. The lowest BCUT2D eigenvalue weighted by Gasteiger charge is -2.43. The highest BCUT2D eigenvalue weighted by atomic mass is 32.2. The van der Waals surface area contributed by atoms with E-state index in [-0.39, 0.29) is 0 Å². The van der Waals surface area contributed by atoms with Crippen molar-refractivity contribution in [2.45, 2.75) is 78.2 Å². The van der Waals surface area contributed by atoms with E-state index in [9.17, 15) is 0 Å². The van der Waals surface area contributed by atoms with E-state index in [1.54, 1.807) is 9.81 Å². The predicted molar refractivity (Wildman–Crippen MR) is 115 cm³/mol. The standard InChI is InChI=1S/C23H36S2/c1-13-10-17-18-11-14(2)25-21(18)19(20(17)24-13)23(6,7)16-9-8-15(12-16)22(3,4)5/h10-11,15-21H,8-9,12H2,1-7H3/t15-,16?,17+,18?,19?,20?,21?/m1/s1. The normalized spacial score (nSPS) is 43.9. The molecular weight excluding hydrogens is 340 g/mol. The second-order valence-corrected chi connectivity index (χ2v) is 13.6. The van der Waals surface area contributed by atoms with Gasteiger partial charge in [0.15, 0.2) is 0 Å². The molecule has 0 amide bonds. The number of rotatable bonds is 2. The topological polar surface area (TPSA) is 0 Å². The molecule has 2 heteroatoms. The summed E-state index contributed by atoms with van der Waals surface area (Å²) in [6.07, 6.45) is 9.59. The molecule has 0 spiro atoms. The highest BCUT2D eigenvalue weighted by Crippen LogP contribution is 2.66. The Morgan fingerprint density at radius 1 is 0.800 bits per heavy atom. The molecule has 0 N–H and O–H groups in total. The Hall–Kier alpha value is 0.180. The second kappa shape index (κ2) is 6.09. The Bertz CT molecular complexity index is 574. The monoisotopic (exact) mass is 376 g/mol. The van der Waals surface area contributed by atoms with E-state index in [4.69, 9.17) is 0 Å². The van der Waals surface area contributed by atoms with Gasteiger partial charge in [-0.1, -0.05) is 46.8 Å². The van der Waals surface area contributed by atoms with E-state index in [1.807, 2.05) is 0 Å². The maximum absolute atomic E-state index is 2.63. The van der Waals surface area contributed by atoms with Crippen LogP contribution < -0.4 is 0 Å². The molecule has 140 valence electrons. The molecule has 5 unspecified atom stereocenters. The van der Waals surface area contributed by atoms with Gasteiger partial charge in [0.1, 0.15) is 0 Å². The van der Waals surface area contributed by atoms with Crippen LogP contribution in [0, 0.1) is 40.4 Å². The van der Waals surface area contributed by atoms with Gasteiger partial charge in [-0.3, -0.25) is 0 Å². The van der Waals surface area contributed by atoms with Gasteiger partial charge in [-0.05, 0) is 83.3 Å². The van der Waals surface area contributed by atoms with Crippen molar-refractivity contribution in [2.75, 3.05) is 0 Å². The van der Waals surface area contributed by atoms with Crippen LogP contribution in [0.3, 0.4) is 0 Å². The highest BCUT2D eigenvalue weighted by Gasteiger charge is 2.59. The molecule has 0 aromatic heterocycles. The maximum atomic E-state index is 2.63. The number of thioether (sulfide) groups is 2. The van der Waals surface area contributed by atoms with Gasteiger partial charge < -0.3 is 0 Å². The van der Waals surface area contributed by atoms with Gasteiger partial charge in [-0.2, -0.15) is 0 Å². The summed E-state index contributed by atoms with van der Waals surface area (Å²) in [6, 6.07) is 0. The molecule has 0 aromatic rings. The molecule has 7 atom stereocenters. The van der Waals surface area contributed by atoms with Crippen LogP contribution in [0.1, 0.15) is 67.7 Å². The quantitative estimate of drug-likeness (QED) is 0.493. The van der Waals surface area contributed by atoms with E-state index in [0.29, 0.717) is 10.8 Å². The third-order valence-electron chi connectivity index (χ3n) is 7.98. The van der Waals surface area contributed by atoms with Crippen molar-refractivity contribution in [3.05, 3.63) is 22.0 Å². The first kappa shape index (κ1) is 18.5. The number of hydrogen-bond donors (Lipinski definition) is 0. The minimum Gasteiger partial charge on any atom is -0.127 e. The molecule has 25 heavy (non-hydrogen) atoms. The van der Waals surface area contributed by atoms with Gasteiger partial charge in [-0.25, -0.2) is 0 Å². The molecule has 2 fully saturated rings. The number of hydrogen-bond acceptors (Lipinski definition) is 2. The number of fused-ring (bicyclic) bond motifs is 3. The zero-order chi connectivity index (χ0) is 18.1. The van der Waals surface area contributed by atoms with E-state index in [1.165, 1.54) is 19.3 Å². The van der Waals surface area contributed by atoms with Crippen LogP contribution in [0.25, 0.3) is 0 Å². The van der Waals surface area contributed by atoms with Gasteiger partial charge in [-0.15, -0.1) is 23.5 Å². The summed E-state index contributed by atoms with van der Waals surface area (Å²) in [5.41, 5.74) is 0.936. The molecule has 0 aromatic carbocycles. The zero-order valence-electron chi connectivity index (χ0n) is 17.1. The first-order valence-corrected chi connectivity index (χ1v) is 12.0. The minimum atomic E-state index is 0.458. The van der Waals surface area contributed by atoms with Crippen LogP contribution in [0.15, 0.2) is 22.0 Å². The van der Waals surface area contributed by atoms with E-state index in [0.717, 1.165) is 40.1 Å². The first-order valence-electron chi connectivity index (χ1n) is 10.3. The van der Waals surface area contributed by atoms with Crippen molar-refractivity contribution in [1.82, 2.24) is 0 Å². The van der Waals surface area contributed by atoms with Crippen molar-refractivity contribution in [1.29, 1.82) is 0 Å². The van der Waals surface area contributed by atoms with Crippen LogP contribution in [0.2, 0.25) is 0 Å². The minimum absolute atomic E-state index is 0.458. The van der Waals surface area contributed by atoms with Crippen LogP contribution in [-0.4, -0.2) is 10.5 Å². The highest BCUT2D eigenvalue weighted by molar-refractivity contribution is 8.05. The fourth-order valence-electron chi connectivity index (χ4n) is 6.43. The lowest BCUT2D eigenvalue weighted by atomic mass is 9.66. The van der Waals surface area contributed by atoms with E-state index in [2.05, 4.69) is 84.1 Å². The molecule has 0 nitrogen and oxygen atoms in total. The van der Waals surface area contributed by atoms with Crippen LogP contribution in [0.4, 0.5) is 0 Å². The average molecular weight is 377 g/mol. The summed E-state index contributed by atoms with van der Waals surface area (Å²) >= 11 is 4.43. The molecule has 2 saturated carbocycles. The fourth-order valence-corrected chi connectivity index (χ4v) is 10.0. The smallest absolute Gasteiger partial charge is 0.0204 e.